The number of hydrogen-bond donors (Lipinski definition) is 1. The molecule has 1 saturated heterocycles. The van der Waals surface area contributed by atoms with Crippen LogP contribution in [0, 0.1) is 0 Å². The van der Waals surface area contributed by atoms with Gasteiger partial charge in [-0.25, -0.2) is 0 Å². The number of pyridine rings is 1. The first-order valence-corrected chi connectivity index (χ1v) is 7.85. The molecule has 1 aromatic heterocycles. The average molecular weight is 394 g/mol. The number of nitrogens with zero attached hydrogens (tertiary/aromatic N) is 1. The fourth-order valence-corrected chi connectivity index (χ4v) is 3.54. The fourth-order valence-electron chi connectivity index (χ4n) is 3.24. The van der Waals surface area contributed by atoms with Crippen molar-refractivity contribution in [1.82, 2.24) is 10.3 Å². The van der Waals surface area contributed by atoms with Gasteiger partial charge in [0.25, 0.3) is 0 Å². The van der Waals surface area contributed by atoms with Gasteiger partial charge in [-0.05, 0) is 55.7 Å². The number of benzene rings is 1. The Morgan fingerprint density at radius 1 is 1.00 bits per heavy atom. The molecular formula is C17H20Cl4N2. The summed E-state index contributed by atoms with van der Waals surface area (Å²) in [5.74, 6) is 0.444. The summed E-state index contributed by atoms with van der Waals surface area (Å²) in [5.41, 5.74) is 2.54. The van der Waals surface area contributed by atoms with Crippen LogP contribution in [0.5, 0.6) is 0 Å². The summed E-state index contributed by atoms with van der Waals surface area (Å²) in [6.45, 7) is 4.49. The summed E-state index contributed by atoms with van der Waals surface area (Å²) in [6, 6.07) is 10.4. The average Bonchev–Trinajstić information content (AvgIpc) is 2.78. The van der Waals surface area contributed by atoms with Crippen molar-refractivity contribution in [1.29, 1.82) is 0 Å². The molecule has 1 aliphatic heterocycles. The van der Waals surface area contributed by atoms with Crippen molar-refractivity contribution >= 4 is 48.0 Å². The Morgan fingerprint density at radius 2 is 1.65 bits per heavy atom. The number of rotatable bonds is 2. The molecule has 0 spiro atoms. The predicted octanol–water partition coefficient (Wildman–Crippen LogP) is 5.83. The Labute approximate surface area is 159 Å². The molecule has 6 heteroatoms. The lowest BCUT2D eigenvalue weighted by Gasteiger charge is -2.27. The van der Waals surface area contributed by atoms with Gasteiger partial charge in [-0.1, -0.05) is 29.3 Å². The van der Waals surface area contributed by atoms with Crippen molar-refractivity contribution in [3.63, 3.8) is 0 Å². The molecule has 2 atom stereocenters. The molecule has 2 nitrogen and oxygen atoms in total. The van der Waals surface area contributed by atoms with Crippen LogP contribution in [0.25, 0.3) is 0 Å². The first-order chi connectivity index (χ1) is 9.97. The largest absolute Gasteiger partial charge is 0.304 e. The van der Waals surface area contributed by atoms with E-state index in [2.05, 4.69) is 42.3 Å². The highest BCUT2D eigenvalue weighted by atomic mass is 35.5. The van der Waals surface area contributed by atoms with Crippen LogP contribution >= 0.6 is 48.0 Å². The normalized spacial score (nSPS) is 22.1. The van der Waals surface area contributed by atoms with Crippen molar-refractivity contribution in [2.75, 3.05) is 0 Å². The number of halogens is 4. The minimum atomic E-state index is 0. The minimum Gasteiger partial charge on any atom is -0.304 e. The zero-order valence-electron chi connectivity index (χ0n) is 12.9. The van der Waals surface area contributed by atoms with E-state index in [1.54, 1.807) is 0 Å². The SMILES string of the molecule is CC1(C)N[C@H](c2ccc(Cl)c(Cl)c2)C[C@H]1c1ccncc1.Cl.Cl. The van der Waals surface area contributed by atoms with E-state index < -0.39 is 0 Å². The third kappa shape index (κ3) is 4.32. The number of hydrogen-bond acceptors (Lipinski definition) is 2. The summed E-state index contributed by atoms with van der Waals surface area (Å²) in [5, 5.41) is 4.93. The summed E-state index contributed by atoms with van der Waals surface area (Å²) >= 11 is 12.2. The first-order valence-electron chi connectivity index (χ1n) is 7.10. The van der Waals surface area contributed by atoms with Crippen LogP contribution in [0.1, 0.15) is 43.4 Å². The molecule has 0 saturated carbocycles. The van der Waals surface area contributed by atoms with Crippen molar-refractivity contribution in [3.8, 4) is 0 Å². The van der Waals surface area contributed by atoms with Crippen molar-refractivity contribution in [2.45, 2.75) is 37.8 Å². The zero-order valence-corrected chi connectivity index (χ0v) is 16.1. The third-order valence-corrected chi connectivity index (χ3v) is 5.08. The summed E-state index contributed by atoms with van der Waals surface area (Å²) in [4.78, 5) is 4.11. The molecule has 0 aliphatic carbocycles. The lowest BCUT2D eigenvalue weighted by molar-refractivity contribution is 0.397. The van der Waals surface area contributed by atoms with Crippen LogP contribution < -0.4 is 5.32 Å². The molecule has 126 valence electrons. The van der Waals surface area contributed by atoms with E-state index in [0.717, 1.165) is 6.42 Å². The van der Waals surface area contributed by atoms with Crippen molar-refractivity contribution in [2.24, 2.45) is 0 Å². The van der Waals surface area contributed by atoms with E-state index in [-0.39, 0.29) is 36.4 Å². The third-order valence-electron chi connectivity index (χ3n) is 4.34. The van der Waals surface area contributed by atoms with Gasteiger partial charge in [-0.15, -0.1) is 24.8 Å². The zero-order chi connectivity index (χ0) is 15.0. The molecule has 0 amide bonds. The lowest BCUT2D eigenvalue weighted by atomic mass is 9.83. The number of aromatic nitrogens is 1. The van der Waals surface area contributed by atoms with E-state index in [0.29, 0.717) is 16.0 Å². The Morgan fingerprint density at radius 3 is 2.26 bits per heavy atom. The highest BCUT2D eigenvalue weighted by Gasteiger charge is 2.41. The maximum absolute atomic E-state index is 6.15. The molecule has 23 heavy (non-hydrogen) atoms. The molecule has 2 heterocycles. The Bertz CT molecular complexity index is 646. The highest BCUT2D eigenvalue weighted by molar-refractivity contribution is 6.42. The van der Waals surface area contributed by atoms with E-state index >= 15 is 0 Å². The highest BCUT2D eigenvalue weighted by Crippen LogP contribution is 2.44. The molecular weight excluding hydrogens is 374 g/mol. The van der Waals surface area contributed by atoms with E-state index in [9.17, 15) is 0 Å². The standard InChI is InChI=1S/C17H18Cl2N2.2ClH/c1-17(2)13(11-5-7-20-8-6-11)10-16(21-17)12-3-4-14(18)15(19)9-12;;/h3-9,13,16,21H,10H2,1-2H3;2*1H/t13-,16-;;/m0../s1. The van der Waals surface area contributed by atoms with Gasteiger partial charge in [0.2, 0.25) is 0 Å². The van der Waals surface area contributed by atoms with Gasteiger partial charge in [0.15, 0.2) is 0 Å². The second kappa shape index (κ2) is 8.04. The van der Waals surface area contributed by atoms with Gasteiger partial charge in [0.1, 0.15) is 0 Å². The molecule has 0 radical (unpaired) electrons. The maximum Gasteiger partial charge on any atom is 0.0595 e. The predicted molar refractivity (Wildman–Crippen MR) is 103 cm³/mol. The molecule has 1 fully saturated rings. The van der Waals surface area contributed by atoms with Gasteiger partial charge in [-0.2, -0.15) is 0 Å². The van der Waals surface area contributed by atoms with Gasteiger partial charge in [0, 0.05) is 29.9 Å². The van der Waals surface area contributed by atoms with E-state index in [1.807, 2.05) is 24.5 Å². The van der Waals surface area contributed by atoms with Crippen molar-refractivity contribution in [3.05, 3.63) is 63.9 Å². The van der Waals surface area contributed by atoms with Gasteiger partial charge in [-0.3, -0.25) is 4.98 Å². The molecule has 3 rings (SSSR count). The second-order valence-electron chi connectivity index (χ2n) is 6.16. The van der Waals surface area contributed by atoms with Gasteiger partial charge < -0.3 is 5.32 Å². The quantitative estimate of drug-likeness (QED) is 0.694. The Hall–Kier alpha value is -0.510. The summed E-state index contributed by atoms with van der Waals surface area (Å²) in [7, 11) is 0. The van der Waals surface area contributed by atoms with Crippen LogP contribution in [0.3, 0.4) is 0 Å². The fraction of sp³-hybridized carbons (Fsp3) is 0.353. The first kappa shape index (κ1) is 20.5. The van der Waals surface area contributed by atoms with Gasteiger partial charge in [0.05, 0.1) is 10.0 Å². The molecule has 2 aromatic rings. The van der Waals surface area contributed by atoms with E-state index in [4.69, 9.17) is 23.2 Å². The monoisotopic (exact) mass is 392 g/mol. The van der Waals surface area contributed by atoms with Crippen LogP contribution in [0.4, 0.5) is 0 Å². The Balaban J connectivity index is 0.00000132. The van der Waals surface area contributed by atoms with Crippen LogP contribution in [-0.4, -0.2) is 10.5 Å². The molecule has 1 N–H and O–H groups in total. The summed E-state index contributed by atoms with van der Waals surface area (Å²) in [6.07, 6.45) is 4.75. The molecule has 0 bridgehead atoms. The molecule has 1 aliphatic rings. The van der Waals surface area contributed by atoms with Crippen LogP contribution in [-0.2, 0) is 0 Å². The Kier molecular flexibility index (Phi) is 7.18. The maximum atomic E-state index is 6.15. The summed E-state index contributed by atoms with van der Waals surface area (Å²) < 4.78 is 0. The van der Waals surface area contributed by atoms with Crippen molar-refractivity contribution < 1.29 is 0 Å². The lowest BCUT2D eigenvalue weighted by Crippen LogP contribution is -2.37. The van der Waals surface area contributed by atoms with E-state index in [1.165, 1.54) is 11.1 Å². The van der Waals surface area contributed by atoms with Gasteiger partial charge >= 0.3 is 0 Å². The number of nitrogens with one attached hydrogen (secondary N) is 1. The van der Waals surface area contributed by atoms with Crippen LogP contribution in [0.2, 0.25) is 10.0 Å². The van der Waals surface area contributed by atoms with Crippen LogP contribution in [0.15, 0.2) is 42.7 Å². The smallest absolute Gasteiger partial charge is 0.0595 e. The second-order valence-corrected chi connectivity index (χ2v) is 6.98. The molecule has 0 unspecified atom stereocenters. The topological polar surface area (TPSA) is 24.9 Å². The minimum absolute atomic E-state index is 0. The molecule has 1 aromatic carbocycles.